The number of hydrogen-bond acceptors (Lipinski definition) is 5. The topological polar surface area (TPSA) is 54.0 Å². The van der Waals surface area contributed by atoms with E-state index < -0.39 is 5.97 Å². The Hall–Kier alpha value is -3.21. The third kappa shape index (κ3) is 3.42. The van der Waals surface area contributed by atoms with Crippen LogP contribution in [-0.2, 0) is 0 Å². The molecule has 0 N–H and O–H groups in total. The Morgan fingerprint density at radius 3 is 2.04 bits per heavy atom. The van der Waals surface area contributed by atoms with E-state index in [0.717, 1.165) is 10.8 Å². The fourth-order valence-electron chi connectivity index (χ4n) is 2.72. The lowest BCUT2D eigenvalue weighted by Gasteiger charge is -2.15. The SMILES string of the molecule is CCOc1cc2ccccc2cc1C(=O)Oc1c(OC)cccc1OC. The molecule has 0 saturated carbocycles. The van der Waals surface area contributed by atoms with Gasteiger partial charge in [-0.05, 0) is 42.0 Å². The van der Waals surface area contributed by atoms with E-state index in [1.807, 2.05) is 37.3 Å². The summed E-state index contributed by atoms with van der Waals surface area (Å²) >= 11 is 0. The Labute approximate surface area is 152 Å². The van der Waals surface area contributed by atoms with Crippen molar-refractivity contribution in [3.8, 4) is 23.0 Å². The van der Waals surface area contributed by atoms with Crippen molar-refractivity contribution in [3.63, 3.8) is 0 Å². The smallest absolute Gasteiger partial charge is 0.347 e. The highest BCUT2D eigenvalue weighted by molar-refractivity contribution is 6.00. The van der Waals surface area contributed by atoms with Gasteiger partial charge in [-0.3, -0.25) is 0 Å². The number of benzene rings is 3. The van der Waals surface area contributed by atoms with Crippen LogP contribution in [0.1, 0.15) is 17.3 Å². The van der Waals surface area contributed by atoms with Crippen molar-refractivity contribution in [3.05, 3.63) is 60.2 Å². The van der Waals surface area contributed by atoms with Crippen molar-refractivity contribution in [2.45, 2.75) is 6.92 Å². The zero-order valence-electron chi connectivity index (χ0n) is 14.9. The molecule has 0 aliphatic rings. The number of methoxy groups -OCH3 is 2. The van der Waals surface area contributed by atoms with Gasteiger partial charge in [0.25, 0.3) is 0 Å². The Bertz CT molecular complexity index is 911. The highest BCUT2D eigenvalue weighted by Crippen LogP contribution is 2.38. The van der Waals surface area contributed by atoms with Crippen LogP contribution in [0.25, 0.3) is 10.8 Å². The molecule has 0 spiro atoms. The maximum Gasteiger partial charge on any atom is 0.347 e. The maximum atomic E-state index is 12.9. The van der Waals surface area contributed by atoms with Crippen LogP contribution in [0.3, 0.4) is 0 Å². The van der Waals surface area contributed by atoms with Crippen LogP contribution in [-0.4, -0.2) is 26.8 Å². The van der Waals surface area contributed by atoms with Gasteiger partial charge < -0.3 is 18.9 Å². The van der Waals surface area contributed by atoms with Crippen molar-refractivity contribution in [2.24, 2.45) is 0 Å². The molecule has 0 amide bonds. The minimum atomic E-state index is -0.540. The van der Waals surface area contributed by atoms with Gasteiger partial charge in [0.2, 0.25) is 5.75 Å². The van der Waals surface area contributed by atoms with Gasteiger partial charge in [-0.1, -0.05) is 30.3 Å². The first kappa shape index (κ1) is 17.6. The van der Waals surface area contributed by atoms with Crippen molar-refractivity contribution in [1.29, 1.82) is 0 Å². The fourth-order valence-corrected chi connectivity index (χ4v) is 2.72. The second-order valence-corrected chi connectivity index (χ2v) is 5.51. The average molecular weight is 352 g/mol. The molecule has 3 aromatic rings. The number of hydrogen-bond donors (Lipinski definition) is 0. The second kappa shape index (κ2) is 7.78. The monoisotopic (exact) mass is 352 g/mol. The number of ether oxygens (including phenoxy) is 4. The Morgan fingerprint density at radius 2 is 1.46 bits per heavy atom. The lowest BCUT2D eigenvalue weighted by molar-refractivity contribution is 0.0720. The lowest BCUT2D eigenvalue weighted by atomic mass is 10.1. The number of carbonyl (C=O) groups excluding carboxylic acids is 1. The predicted octanol–water partition coefficient (Wildman–Crippen LogP) is 4.47. The van der Waals surface area contributed by atoms with Crippen molar-refractivity contribution in [1.82, 2.24) is 0 Å². The largest absolute Gasteiger partial charge is 0.493 e. The molecule has 3 rings (SSSR count). The van der Waals surface area contributed by atoms with Crippen molar-refractivity contribution in [2.75, 3.05) is 20.8 Å². The molecule has 0 aliphatic carbocycles. The normalized spacial score (nSPS) is 10.4. The standard InChI is InChI=1S/C21H20O5/c1-4-25-19-13-15-9-6-5-8-14(15)12-16(19)21(22)26-20-17(23-2)10-7-11-18(20)24-3/h5-13H,4H2,1-3H3. The van der Waals surface area contributed by atoms with Crippen LogP contribution in [0.15, 0.2) is 54.6 Å². The Kier molecular flexibility index (Phi) is 5.27. The van der Waals surface area contributed by atoms with E-state index in [0.29, 0.717) is 29.4 Å². The molecule has 0 radical (unpaired) electrons. The van der Waals surface area contributed by atoms with Gasteiger partial charge in [-0.15, -0.1) is 0 Å². The molecule has 0 fully saturated rings. The average Bonchev–Trinajstić information content (AvgIpc) is 2.67. The van der Waals surface area contributed by atoms with Gasteiger partial charge in [0.05, 0.1) is 20.8 Å². The summed E-state index contributed by atoms with van der Waals surface area (Å²) in [4.78, 5) is 12.9. The highest BCUT2D eigenvalue weighted by atomic mass is 16.6. The van der Waals surface area contributed by atoms with E-state index in [1.54, 1.807) is 24.3 Å². The first-order valence-corrected chi connectivity index (χ1v) is 8.26. The van der Waals surface area contributed by atoms with Gasteiger partial charge in [0, 0.05) is 0 Å². The number of fused-ring (bicyclic) bond motifs is 1. The Morgan fingerprint density at radius 1 is 0.846 bits per heavy atom. The second-order valence-electron chi connectivity index (χ2n) is 5.51. The van der Waals surface area contributed by atoms with Gasteiger partial charge in [-0.2, -0.15) is 0 Å². The molecule has 26 heavy (non-hydrogen) atoms. The quantitative estimate of drug-likeness (QED) is 0.484. The molecule has 0 unspecified atom stereocenters. The minimum absolute atomic E-state index is 0.234. The predicted molar refractivity (Wildman–Crippen MR) is 99.6 cm³/mol. The van der Waals surface area contributed by atoms with Crippen LogP contribution < -0.4 is 18.9 Å². The summed E-state index contributed by atoms with van der Waals surface area (Å²) in [5.74, 6) is 0.998. The van der Waals surface area contributed by atoms with Crippen molar-refractivity contribution < 1.29 is 23.7 Å². The number of esters is 1. The van der Waals surface area contributed by atoms with Gasteiger partial charge >= 0.3 is 5.97 Å². The first-order valence-electron chi connectivity index (χ1n) is 8.26. The molecular formula is C21H20O5. The summed E-state index contributed by atoms with van der Waals surface area (Å²) in [6.45, 7) is 2.31. The molecule has 134 valence electrons. The number of carbonyl (C=O) groups is 1. The summed E-state index contributed by atoms with van der Waals surface area (Å²) in [5, 5.41) is 1.91. The van der Waals surface area contributed by atoms with Crippen LogP contribution in [0.2, 0.25) is 0 Å². The van der Waals surface area contributed by atoms with Crippen LogP contribution in [0, 0.1) is 0 Å². The van der Waals surface area contributed by atoms with Crippen LogP contribution in [0.4, 0.5) is 0 Å². The van der Waals surface area contributed by atoms with E-state index in [-0.39, 0.29) is 5.75 Å². The third-order valence-electron chi connectivity index (χ3n) is 3.95. The van der Waals surface area contributed by atoms with Crippen LogP contribution >= 0.6 is 0 Å². The summed E-state index contributed by atoms with van der Waals surface area (Å²) in [6, 6.07) is 16.5. The van der Waals surface area contributed by atoms with E-state index in [9.17, 15) is 4.79 Å². The van der Waals surface area contributed by atoms with Gasteiger partial charge in [0.15, 0.2) is 11.5 Å². The molecule has 0 bridgehead atoms. The van der Waals surface area contributed by atoms with E-state index in [1.165, 1.54) is 14.2 Å². The van der Waals surface area contributed by atoms with Gasteiger partial charge in [-0.25, -0.2) is 4.79 Å². The number of para-hydroxylation sites is 1. The number of rotatable bonds is 6. The molecule has 0 saturated heterocycles. The molecule has 0 atom stereocenters. The fraction of sp³-hybridized carbons (Fsp3) is 0.190. The zero-order valence-corrected chi connectivity index (χ0v) is 14.9. The highest BCUT2D eigenvalue weighted by Gasteiger charge is 2.21. The molecule has 0 aromatic heterocycles. The van der Waals surface area contributed by atoms with E-state index in [4.69, 9.17) is 18.9 Å². The third-order valence-corrected chi connectivity index (χ3v) is 3.95. The molecule has 0 aliphatic heterocycles. The van der Waals surface area contributed by atoms with Crippen molar-refractivity contribution >= 4 is 16.7 Å². The lowest BCUT2D eigenvalue weighted by Crippen LogP contribution is -2.12. The van der Waals surface area contributed by atoms with Crippen LogP contribution in [0.5, 0.6) is 23.0 Å². The molecule has 0 heterocycles. The zero-order chi connectivity index (χ0) is 18.5. The minimum Gasteiger partial charge on any atom is -0.493 e. The molecule has 3 aromatic carbocycles. The van der Waals surface area contributed by atoms with E-state index in [2.05, 4.69) is 0 Å². The molecular weight excluding hydrogens is 332 g/mol. The summed E-state index contributed by atoms with van der Waals surface area (Å²) in [5.41, 5.74) is 0.346. The van der Waals surface area contributed by atoms with Gasteiger partial charge in [0.1, 0.15) is 11.3 Å². The molecule has 5 nitrogen and oxygen atoms in total. The summed E-state index contributed by atoms with van der Waals surface area (Å²) < 4.78 is 21.8. The van der Waals surface area contributed by atoms with E-state index >= 15 is 0 Å². The first-order chi connectivity index (χ1) is 12.7. The Balaban J connectivity index is 2.04. The molecule has 5 heteroatoms. The summed E-state index contributed by atoms with van der Waals surface area (Å²) in [6.07, 6.45) is 0. The summed E-state index contributed by atoms with van der Waals surface area (Å²) in [7, 11) is 3.02. The maximum absolute atomic E-state index is 12.9.